The summed E-state index contributed by atoms with van der Waals surface area (Å²) < 4.78 is 3.34. The molecule has 0 N–H and O–H groups in total. The summed E-state index contributed by atoms with van der Waals surface area (Å²) in [6.07, 6.45) is 0. The van der Waals surface area contributed by atoms with E-state index in [-0.39, 0.29) is 21.7 Å². The Labute approximate surface area is 236 Å². The van der Waals surface area contributed by atoms with Crippen LogP contribution in [0, 0.1) is 0 Å². The Morgan fingerprint density at radius 1 is 0.500 bits per heavy atom. The third-order valence-electron chi connectivity index (χ3n) is 6.89. The van der Waals surface area contributed by atoms with E-state index in [0.29, 0.717) is 0 Å². The first-order chi connectivity index (χ1) is 16.4. The van der Waals surface area contributed by atoms with Crippen molar-refractivity contribution < 1.29 is 24.2 Å². The molecule has 0 saturated carbocycles. The monoisotopic (exact) mass is 558 g/mol. The molecule has 0 aliphatic heterocycles. The minimum atomic E-state index is 0.220. The van der Waals surface area contributed by atoms with Crippen LogP contribution in [0.15, 0.2) is 60.7 Å². The van der Waals surface area contributed by atoms with Gasteiger partial charge in [0.25, 0.3) is 0 Å². The van der Waals surface area contributed by atoms with Crippen molar-refractivity contribution in [2.24, 2.45) is 0 Å². The third-order valence-corrected chi connectivity index (χ3v) is 6.89. The Kier molecular flexibility index (Phi) is 9.39. The molecule has 0 bridgehead atoms. The molecule has 0 fully saturated rings. The average molecular weight is 560 g/mol. The van der Waals surface area contributed by atoms with Gasteiger partial charge in [0, 0.05) is 0 Å². The van der Waals surface area contributed by atoms with Crippen molar-refractivity contribution in [1.82, 2.24) is 0 Å². The summed E-state index contributed by atoms with van der Waals surface area (Å²) in [6, 6.07) is 22.8. The summed E-state index contributed by atoms with van der Waals surface area (Å²) >= 11 is 1.30. The van der Waals surface area contributed by atoms with Crippen molar-refractivity contribution in [2.75, 3.05) is 0 Å². The van der Waals surface area contributed by atoms with Crippen LogP contribution in [0.25, 0.3) is 21.5 Å². The van der Waals surface area contributed by atoms with E-state index in [4.69, 9.17) is 0 Å². The van der Waals surface area contributed by atoms with Crippen LogP contribution in [0.3, 0.4) is 0 Å². The Morgan fingerprint density at radius 3 is 1.06 bits per heavy atom. The molecule has 4 aromatic rings. The van der Waals surface area contributed by atoms with Crippen LogP contribution in [0.4, 0.5) is 0 Å². The van der Waals surface area contributed by atoms with Gasteiger partial charge >= 0.3 is 28.4 Å². The van der Waals surface area contributed by atoms with Gasteiger partial charge in [-0.25, -0.2) is 0 Å². The van der Waals surface area contributed by atoms with Crippen LogP contribution in [-0.2, 0) is 45.9 Å². The molecule has 0 radical (unpaired) electrons. The molecule has 192 valence electrons. The van der Waals surface area contributed by atoms with Gasteiger partial charge in [0.15, 0.2) is 0 Å². The van der Waals surface area contributed by atoms with Crippen molar-refractivity contribution in [3.05, 3.63) is 82.9 Å². The van der Waals surface area contributed by atoms with Gasteiger partial charge in [-0.15, -0.1) is 93.3 Å². The molecule has 0 aliphatic rings. The number of rotatable bonds is 0. The zero-order chi connectivity index (χ0) is 27.7. The van der Waals surface area contributed by atoms with Gasteiger partial charge < -0.3 is 0 Å². The fraction of sp³-hybridized carbons (Fsp3) is 0.457. The van der Waals surface area contributed by atoms with Gasteiger partial charge in [-0.1, -0.05) is 105 Å². The van der Waals surface area contributed by atoms with Crippen LogP contribution in [-0.4, -0.2) is 4.21 Å². The van der Waals surface area contributed by atoms with E-state index in [1.54, 1.807) is 0 Å². The maximum absolute atomic E-state index is 3.34. The Hall–Kier alpha value is -1.59. The number of fused-ring (bicyclic) bond motifs is 2. The van der Waals surface area contributed by atoms with Gasteiger partial charge in [0.05, 0.1) is 0 Å². The van der Waals surface area contributed by atoms with Crippen LogP contribution in [0.5, 0.6) is 0 Å². The molecule has 0 spiro atoms. The van der Waals surface area contributed by atoms with Crippen molar-refractivity contribution >= 4 is 25.8 Å². The van der Waals surface area contributed by atoms with Gasteiger partial charge in [-0.2, -0.15) is 0 Å². The van der Waals surface area contributed by atoms with Crippen LogP contribution < -0.4 is 0 Å². The SMILES string of the molecule is CC(C)(C)c1ccc2[cH-]cc(C(C)(C)C)c2c1.CC(C)(C)c1ccc2[cH-]cc(C(C)(C)C)c2c1.[CH2]=[Zr+2]. The van der Waals surface area contributed by atoms with Crippen molar-refractivity contribution in [2.45, 2.75) is 105 Å². The fourth-order valence-electron chi connectivity index (χ4n) is 4.64. The summed E-state index contributed by atoms with van der Waals surface area (Å²) in [4.78, 5) is 0. The predicted molar refractivity (Wildman–Crippen MR) is 161 cm³/mol. The van der Waals surface area contributed by atoms with Crippen LogP contribution in [0.1, 0.15) is 105 Å². The molecule has 0 aromatic heterocycles. The summed E-state index contributed by atoms with van der Waals surface area (Å²) in [5.74, 6) is 0. The number of hydrogen-bond donors (Lipinski definition) is 0. The van der Waals surface area contributed by atoms with Crippen molar-refractivity contribution in [1.29, 1.82) is 0 Å². The molecule has 1 heteroatoms. The Bertz CT molecular complexity index is 1180. The molecule has 4 rings (SSSR count). The van der Waals surface area contributed by atoms with Crippen LogP contribution >= 0.6 is 0 Å². The van der Waals surface area contributed by atoms with E-state index >= 15 is 0 Å². The molecule has 0 amide bonds. The molecule has 0 saturated heterocycles. The molecule has 0 unspecified atom stereocenters. The van der Waals surface area contributed by atoms with Gasteiger partial charge in [-0.05, 0) is 10.8 Å². The van der Waals surface area contributed by atoms with Crippen LogP contribution in [0.2, 0.25) is 0 Å². The van der Waals surface area contributed by atoms with Crippen molar-refractivity contribution in [3.8, 4) is 0 Å². The molecular weight excluding hydrogens is 512 g/mol. The quantitative estimate of drug-likeness (QED) is 0.188. The molecule has 0 nitrogen and oxygen atoms in total. The van der Waals surface area contributed by atoms with Gasteiger partial charge in [0.1, 0.15) is 0 Å². The first kappa shape index (κ1) is 30.6. The molecule has 4 aromatic carbocycles. The Balaban J connectivity index is 0.000000237. The van der Waals surface area contributed by atoms with E-state index in [9.17, 15) is 0 Å². The third kappa shape index (κ3) is 7.25. The Morgan fingerprint density at radius 2 is 0.806 bits per heavy atom. The van der Waals surface area contributed by atoms with E-state index in [1.807, 2.05) is 0 Å². The summed E-state index contributed by atoms with van der Waals surface area (Å²) in [5.41, 5.74) is 6.64. The summed E-state index contributed by atoms with van der Waals surface area (Å²) in [7, 11) is 0. The molecule has 0 aliphatic carbocycles. The number of benzene rings is 2. The van der Waals surface area contributed by atoms with E-state index in [0.717, 1.165) is 0 Å². The second kappa shape index (κ2) is 11.0. The maximum atomic E-state index is 3.34. The second-order valence-corrected chi connectivity index (χ2v) is 14.1. The minimum absolute atomic E-state index is 0.220. The fourth-order valence-corrected chi connectivity index (χ4v) is 4.64. The van der Waals surface area contributed by atoms with Gasteiger partial charge in [0.2, 0.25) is 0 Å². The number of hydrogen-bond acceptors (Lipinski definition) is 0. The second-order valence-electron chi connectivity index (χ2n) is 14.1. The zero-order valence-electron chi connectivity index (χ0n) is 25.0. The molecular formula is C35H48Zr. The summed E-state index contributed by atoms with van der Waals surface area (Å²) in [6.45, 7) is 27.3. The molecule has 0 heterocycles. The molecule has 36 heavy (non-hydrogen) atoms. The predicted octanol–water partition coefficient (Wildman–Crippen LogP) is 10.3. The standard InChI is InChI=1S/2C17H23.CH2.Zr/c2*1-16(2,3)13-9-7-12-8-10-15(14(12)11-13)17(4,5)6;;/h2*7-11H,1-6H3;1H2;/q2*-1;;+2. The van der Waals surface area contributed by atoms with Crippen molar-refractivity contribution in [3.63, 3.8) is 0 Å². The van der Waals surface area contributed by atoms with E-state index in [1.165, 1.54) is 68.0 Å². The topological polar surface area (TPSA) is 0 Å². The summed E-state index contributed by atoms with van der Waals surface area (Å²) in [5, 5.41) is 5.57. The first-order valence-corrected chi connectivity index (χ1v) is 14.9. The zero-order valence-corrected chi connectivity index (χ0v) is 27.4. The molecule has 0 atom stereocenters. The van der Waals surface area contributed by atoms with E-state index in [2.05, 4.69) is 148 Å². The normalized spacial score (nSPS) is 12.7. The van der Waals surface area contributed by atoms with Gasteiger partial charge in [-0.3, -0.25) is 0 Å². The first-order valence-electron chi connectivity index (χ1n) is 13.2. The van der Waals surface area contributed by atoms with E-state index < -0.39 is 0 Å². The average Bonchev–Trinajstić information content (AvgIpc) is 3.37.